The van der Waals surface area contributed by atoms with Crippen LogP contribution in [-0.2, 0) is 17.8 Å². The van der Waals surface area contributed by atoms with Gasteiger partial charge in [0.2, 0.25) is 0 Å². The minimum absolute atomic E-state index is 0.398. The van der Waals surface area contributed by atoms with Gasteiger partial charge in [-0.25, -0.2) is 4.79 Å². The highest BCUT2D eigenvalue weighted by molar-refractivity contribution is 5.67. The van der Waals surface area contributed by atoms with Gasteiger partial charge >= 0.3 is 6.09 Å². The van der Waals surface area contributed by atoms with Gasteiger partial charge in [0.15, 0.2) is 0 Å². The average molecular weight is 250 g/mol. The summed E-state index contributed by atoms with van der Waals surface area (Å²) in [6, 6.07) is 5.99. The lowest BCUT2D eigenvalue weighted by atomic mass is 10.1. The van der Waals surface area contributed by atoms with Gasteiger partial charge in [-0.3, -0.25) is 0 Å². The van der Waals surface area contributed by atoms with Gasteiger partial charge in [0.25, 0.3) is 0 Å². The van der Waals surface area contributed by atoms with Gasteiger partial charge in [-0.15, -0.1) is 0 Å². The first-order valence-corrected chi connectivity index (χ1v) is 6.07. The topological polar surface area (TPSA) is 64.3 Å². The van der Waals surface area contributed by atoms with Crippen molar-refractivity contribution in [3.8, 4) is 0 Å². The molecule has 0 radical (unpaired) electrons. The number of ether oxygens (including phenoxy) is 1. The molecule has 0 aliphatic carbocycles. The average Bonchev–Trinajstić information content (AvgIpc) is 2.25. The highest BCUT2D eigenvalue weighted by Gasteiger charge is 2.15. The number of alkyl carbamates (subject to hydrolysis) is 1. The Bertz CT molecular complexity index is 422. The maximum atomic E-state index is 11.5. The molecule has 0 fully saturated rings. The zero-order valence-electron chi connectivity index (χ0n) is 11.5. The summed E-state index contributed by atoms with van der Waals surface area (Å²) < 4.78 is 5.17. The molecular weight excluding hydrogens is 228 g/mol. The number of carbonyl (C=O) groups is 1. The van der Waals surface area contributed by atoms with E-state index in [2.05, 4.69) is 5.32 Å². The first kappa shape index (κ1) is 14.5. The van der Waals surface area contributed by atoms with Gasteiger partial charge in [-0.2, -0.15) is 0 Å². The number of hydrogen-bond donors (Lipinski definition) is 2. The Morgan fingerprint density at radius 2 is 2.06 bits per heavy atom. The van der Waals surface area contributed by atoms with Gasteiger partial charge < -0.3 is 15.8 Å². The molecule has 18 heavy (non-hydrogen) atoms. The van der Waals surface area contributed by atoms with Crippen LogP contribution in [0.15, 0.2) is 18.2 Å². The maximum Gasteiger partial charge on any atom is 0.407 e. The number of nitrogens with one attached hydrogen (secondary N) is 1. The van der Waals surface area contributed by atoms with Crippen molar-refractivity contribution in [3.05, 3.63) is 34.9 Å². The third-order valence-electron chi connectivity index (χ3n) is 2.46. The number of amides is 1. The lowest BCUT2D eigenvalue weighted by Crippen LogP contribution is -2.32. The van der Waals surface area contributed by atoms with Crippen LogP contribution in [0.25, 0.3) is 0 Å². The van der Waals surface area contributed by atoms with Crippen LogP contribution in [0.4, 0.5) is 4.79 Å². The third kappa shape index (κ3) is 4.75. The minimum atomic E-state index is -0.470. The summed E-state index contributed by atoms with van der Waals surface area (Å²) in [5, 5.41) is 2.74. The van der Waals surface area contributed by atoms with Crippen LogP contribution < -0.4 is 11.1 Å². The SMILES string of the molecule is Cc1cc(CN)ccc1CNC(=O)OC(C)(C)C. The summed E-state index contributed by atoms with van der Waals surface area (Å²) in [7, 11) is 0. The Hall–Kier alpha value is -1.55. The molecule has 0 heterocycles. The van der Waals surface area contributed by atoms with Gasteiger partial charge in [0.05, 0.1) is 0 Å². The molecule has 0 spiro atoms. The standard InChI is InChI=1S/C14H22N2O2/c1-10-7-11(8-15)5-6-12(10)9-16-13(17)18-14(2,3)4/h5-7H,8-9,15H2,1-4H3,(H,16,17). The third-order valence-corrected chi connectivity index (χ3v) is 2.46. The lowest BCUT2D eigenvalue weighted by Gasteiger charge is -2.20. The first-order chi connectivity index (χ1) is 8.31. The Balaban J connectivity index is 2.56. The summed E-state index contributed by atoms with van der Waals surface area (Å²) >= 11 is 0. The smallest absolute Gasteiger partial charge is 0.407 e. The van der Waals surface area contributed by atoms with Crippen molar-refractivity contribution in [2.24, 2.45) is 5.73 Å². The van der Waals surface area contributed by atoms with Gasteiger partial charge in [-0.1, -0.05) is 18.2 Å². The number of hydrogen-bond acceptors (Lipinski definition) is 3. The molecule has 0 aliphatic rings. The van der Waals surface area contributed by atoms with E-state index in [9.17, 15) is 4.79 Å². The highest BCUT2D eigenvalue weighted by Crippen LogP contribution is 2.11. The molecule has 0 unspecified atom stereocenters. The fraction of sp³-hybridized carbons (Fsp3) is 0.500. The van der Waals surface area contributed by atoms with E-state index in [1.54, 1.807) is 0 Å². The van der Waals surface area contributed by atoms with Crippen LogP contribution in [0.2, 0.25) is 0 Å². The number of rotatable bonds is 3. The fourth-order valence-corrected chi connectivity index (χ4v) is 1.56. The minimum Gasteiger partial charge on any atom is -0.444 e. The Labute approximate surface area is 109 Å². The summed E-state index contributed by atoms with van der Waals surface area (Å²) in [6.07, 6.45) is -0.398. The van der Waals surface area contributed by atoms with E-state index in [0.29, 0.717) is 13.1 Å². The molecule has 1 amide bonds. The quantitative estimate of drug-likeness (QED) is 0.866. The van der Waals surface area contributed by atoms with Crippen LogP contribution in [0, 0.1) is 6.92 Å². The number of aryl methyl sites for hydroxylation is 1. The summed E-state index contributed by atoms with van der Waals surface area (Å²) in [6.45, 7) is 8.52. The van der Waals surface area contributed by atoms with Gasteiger partial charge in [0.1, 0.15) is 5.60 Å². The molecule has 1 rings (SSSR count). The molecule has 1 aromatic carbocycles. The van der Waals surface area contributed by atoms with Crippen LogP contribution in [0.3, 0.4) is 0 Å². The molecule has 3 N–H and O–H groups in total. The molecule has 0 saturated heterocycles. The first-order valence-electron chi connectivity index (χ1n) is 6.07. The zero-order valence-corrected chi connectivity index (χ0v) is 11.5. The Morgan fingerprint density at radius 1 is 1.39 bits per heavy atom. The second-order valence-electron chi connectivity index (χ2n) is 5.32. The molecule has 0 bridgehead atoms. The van der Waals surface area contributed by atoms with E-state index in [1.807, 2.05) is 45.9 Å². The molecule has 0 saturated carbocycles. The summed E-state index contributed by atoms with van der Waals surface area (Å²) in [5.41, 5.74) is 8.38. The second kappa shape index (κ2) is 5.87. The molecule has 1 aromatic rings. The van der Waals surface area contributed by atoms with E-state index in [0.717, 1.165) is 16.7 Å². The van der Waals surface area contributed by atoms with Crippen molar-refractivity contribution in [1.82, 2.24) is 5.32 Å². The molecule has 4 heteroatoms. The second-order valence-corrected chi connectivity index (χ2v) is 5.32. The van der Waals surface area contributed by atoms with Crippen molar-refractivity contribution in [2.45, 2.75) is 46.4 Å². The Morgan fingerprint density at radius 3 is 2.56 bits per heavy atom. The number of nitrogens with two attached hydrogens (primary N) is 1. The number of carbonyl (C=O) groups excluding carboxylic acids is 1. The monoisotopic (exact) mass is 250 g/mol. The molecule has 0 aromatic heterocycles. The predicted molar refractivity (Wildman–Crippen MR) is 72.1 cm³/mol. The normalized spacial score (nSPS) is 11.2. The highest BCUT2D eigenvalue weighted by atomic mass is 16.6. The lowest BCUT2D eigenvalue weighted by molar-refractivity contribution is 0.0523. The Kier molecular flexibility index (Phi) is 4.73. The van der Waals surface area contributed by atoms with Crippen molar-refractivity contribution in [2.75, 3.05) is 0 Å². The molecule has 0 aliphatic heterocycles. The molecule has 4 nitrogen and oxygen atoms in total. The fourth-order valence-electron chi connectivity index (χ4n) is 1.56. The predicted octanol–water partition coefficient (Wildman–Crippen LogP) is 2.48. The van der Waals surface area contributed by atoms with E-state index in [4.69, 9.17) is 10.5 Å². The van der Waals surface area contributed by atoms with E-state index in [-0.39, 0.29) is 0 Å². The van der Waals surface area contributed by atoms with Crippen molar-refractivity contribution >= 4 is 6.09 Å². The van der Waals surface area contributed by atoms with E-state index >= 15 is 0 Å². The summed E-state index contributed by atoms with van der Waals surface area (Å²) in [4.78, 5) is 11.5. The van der Waals surface area contributed by atoms with Crippen LogP contribution in [0.5, 0.6) is 0 Å². The van der Waals surface area contributed by atoms with Crippen molar-refractivity contribution < 1.29 is 9.53 Å². The van der Waals surface area contributed by atoms with E-state index < -0.39 is 11.7 Å². The van der Waals surface area contributed by atoms with Crippen molar-refractivity contribution in [3.63, 3.8) is 0 Å². The largest absolute Gasteiger partial charge is 0.444 e. The number of benzene rings is 1. The van der Waals surface area contributed by atoms with Crippen LogP contribution in [-0.4, -0.2) is 11.7 Å². The molecule has 100 valence electrons. The van der Waals surface area contributed by atoms with Crippen LogP contribution >= 0.6 is 0 Å². The molecule has 0 atom stereocenters. The maximum absolute atomic E-state index is 11.5. The van der Waals surface area contributed by atoms with Gasteiger partial charge in [-0.05, 0) is 44.4 Å². The molecular formula is C14H22N2O2. The van der Waals surface area contributed by atoms with Crippen molar-refractivity contribution in [1.29, 1.82) is 0 Å². The van der Waals surface area contributed by atoms with Crippen LogP contribution in [0.1, 0.15) is 37.5 Å². The zero-order chi connectivity index (χ0) is 13.8. The summed E-state index contributed by atoms with van der Waals surface area (Å²) in [5.74, 6) is 0. The van der Waals surface area contributed by atoms with Gasteiger partial charge in [0, 0.05) is 13.1 Å². The van der Waals surface area contributed by atoms with E-state index in [1.165, 1.54) is 0 Å².